The summed E-state index contributed by atoms with van der Waals surface area (Å²) in [4.78, 5) is 4.82. The van der Waals surface area contributed by atoms with Crippen LogP contribution in [0.25, 0.3) is 22.4 Å². The zero-order chi connectivity index (χ0) is 15.0. The first-order valence-corrected chi connectivity index (χ1v) is 7.44. The van der Waals surface area contributed by atoms with Crippen LogP contribution in [-0.4, -0.2) is 16.6 Å². The molecule has 1 aromatic heterocycles. The molecule has 21 heavy (non-hydrogen) atoms. The second-order valence-electron chi connectivity index (χ2n) is 5.33. The average molecular weight is 300 g/mol. The monoisotopic (exact) mass is 299 g/mol. The van der Waals surface area contributed by atoms with Crippen LogP contribution in [0.5, 0.6) is 0 Å². The number of halogens is 1. The summed E-state index contributed by atoms with van der Waals surface area (Å²) in [7, 11) is 1.93. The molecule has 0 bridgehead atoms. The topological polar surface area (TPSA) is 29.9 Å². The molecule has 0 aliphatic rings. The lowest BCUT2D eigenvalue weighted by Gasteiger charge is -2.15. The van der Waals surface area contributed by atoms with Gasteiger partial charge in [0, 0.05) is 29.4 Å². The first-order chi connectivity index (χ1) is 10.1. The number of imidazole rings is 1. The van der Waals surface area contributed by atoms with Gasteiger partial charge in [0.15, 0.2) is 0 Å². The molecule has 0 saturated heterocycles. The Morgan fingerprint density at radius 1 is 1.14 bits per heavy atom. The minimum atomic E-state index is 0.299. The SMILES string of the molecule is CNc1ccccc1-c1nc2ccc(Cl)cc2n1C(C)C. The van der Waals surface area contributed by atoms with E-state index in [2.05, 4.69) is 35.9 Å². The van der Waals surface area contributed by atoms with Crippen molar-refractivity contribution in [2.45, 2.75) is 19.9 Å². The fraction of sp³-hybridized carbons (Fsp3) is 0.235. The van der Waals surface area contributed by atoms with Gasteiger partial charge in [-0.15, -0.1) is 0 Å². The van der Waals surface area contributed by atoms with Crippen molar-refractivity contribution in [1.82, 2.24) is 9.55 Å². The van der Waals surface area contributed by atoms with E-state index < -0.39 is 0 Å². The molecule has 0 fully saturated rings. The largest absolute Gasteiger partial charge is 0.388 e. The number of anilines is 1. The van der Waals surface area contributed by atoms with Crippen LogP contribution in [-0.2, 0) is 0 Å². The Morgan fingerprint density at radius 3 is 2.62 bits per heavy atom. The fourth-order valence-electron chi connectivity index (χ4n) is 2.67. The number of hydrogen-bond acceptors (Lipinski definition) is 2. The second-order valence-corrected chi connectivity index (χ2v) is 5.76. The molecule has 4 heteroatoms. The van der Waals surface area contributed by atoms with Gasteiger partial charge in [-0.1, -0.05) is 23.7 Å². The Balaban J connectivity index is 2.34. The molecule has 3 nitrogen and oxygen atoms in total. The highest BCUT2D eigenvalue weighted by molar-refractivity contribution is 6.31. The van der Waals surface area contributed by atoms with E-state index in [1.165, 1.54) is 0 Å². The Bertz CT molecular complexity index is 790. The molecule has 0 aliphatic heterocycles. The molecule has 3 rings (SSSR count). The molecule has 0 atom stereocenters. The van der Waals surface area contributed by atoms with Crippen LogP contribution in [0.3, 0.4) is 0 Å². The molecular weight excluding hydrogens is 282 g/mol. The highest BCUT2D eigenvalue weighted by atomic mass is 35.5. The van der Waals surface area contributed by atoms with Gasteiger partial charge in [-0.25, -0.2) is 4.98 Å². The van der Waals surface area contributed by atoms with Crippen molar-refractivity contribution in [3.63, 3.8) is 0 Å². The minimum Gasteiger partial charge on any atom is -0.388 e. The average Bonchev–Trinajstić information content (AvgIpc) is 2.85. The number of hydrogen-bond donors (Lipinski definition) is 1. The molecule has 0 aliphatic carbocycles. The van der Waals surface area contributed by atoms with Gasteiger partial charge in [-0.2, -0.15) is 0 Å². The molecule has 1 heterocycles. The first-order valence-electron chi connectivity index (χ1n) is 7.06. The maximum atomic E-state index is 6.16. The quantitative estimate of drug-likeness (QED) is 0.739. The Morgan fingerprint density at radius 2 is 1.90 bits per heavy atom. The minimum absolute atomic E-state index is 0.299. The zero-order valence-electron chi connectivity index (χ0n) is 12.4. The molecule has 2 aromatic carbocycles. The maximum Gasteiger partial charge on any atom is 0.143 e. The van der Waals surface area contributed by atoms with Gasteiger partial charge >= 0.3 is 0 Å². The number of para-hydroxylation sites is 1. The van der Waals surface area contributed by atoms with Crippen LogP contribution in [0.15, 0.2) is 42.5 Å². The smallest absolute Gasteiger partial charge is 0.143 e. The zero-order valence-corrected chi connectivity index (χ0v) is 13.1. The molecule has 0 unspecified atom stereocenters. The Hall–Kier alpha value is -2.00. The van der Waals surface area contributed by atoms with Crippen LogP contribution in [0, 0.1) is 0 Å². The van der Waals surface area contributed by atoms with Crippen molar-refractivity contribution >= 4 is 28.3 Å². The standard InChI is InChI=1S/C17H18ClN3/c1-11(2)21-16-10-12(18)8-9-15(16)20-17(21)13-6-4-5-7-14(13)19-3/h4-11,19H,1-3H3. The molecule has 0 spiro atoms. The van der Waals surface area contributed by atoms with Gasteiger partial charge in [0.2, 0.25) is 0 Å². The third-order valence-electron chi connectivity index (χ3n) is 3.61. The lowest BCUT2D eigenvalue weighted by Crippen LogP contribution is -2.04. The van der Waals surface area contributed by atoms with Crippen LogP contribution in [0.4, 0.5) is 5.69 Å². The molecule has 108 valence electrons. The van der Waals surface area contributed by atoms with Crippen molar-refractivity contribution in [3.05, 3.63) is 47.5 Å². The van der Waals surface area contributed by atoms with E-state index in [1.54, 1.807) is 0 Å². The highest BCUT2D eigenvalue weighted by Crippen LogP contribution is 2.33. The predicted molar refractivity (Wildman–Crippen MR) is 90.1 cm³/mol. The lowest BCUT2D eigenvalue weighted by molar-refractivity contribution is 0.624. The number of aromatic nitrogens is 2. The highest BCUT2D eigenvalue weighted by Gasteiger charge is 2.17. The van der Waals surface area contributed by atoms with Gasteiger partial charge < -0.3 is 9.88 Å². The second kappa shape index (κ2) is 5.41. The van der Waals surface area contributed by atoms with Gasteiger partial charge in [0.25, 0.3) is 0 Å². The first kappa shape index (κ1) is 14.0. The van der Waals surface area contributed by atoms with Crippen molar-refractivity contribution in [2.24, 2.45) is 0 Å². The fourth-order valence-corrected chi connectivity index (χ4v) is 2.84. The molecule has 0 amide bonds. The Labute approximate surface area is 129 Å². The summed E-state index contributed by atoms with van der Waals surface area (Å²) in [5, 5.41) is 3.97. The molecular formula is C17H18ClN3. The summed E-state index contributed by atoms with van der Waals surface area (Å²) in [6.07, 6.45) is 0. The van der Waals surface area contributed by atoms with E-state index in [1.807, 2.05) is 37.4 Å². The van der Waals surface area contributed by atoms with Gasteiger partial charge in [0.05, 0.1) is 11.0 Å². The van der Waals surface area contributed by atoms with Crippen LogP contribution >= 0.6 is 11.6 Å². The number of benzene rings is 2. The van der Waals surface area contributed by atoms with Crippen molar-refractivity contribution in [1.29, 1.82) is 0 Å². The van der Waals surface area contributed by atoms with E-state index in [4.69, 9.17) is 16.6 Å². The van der Waals surface area contributed by atoms with Crippen LogP contribution < -0.4 is 5.32 Å². The third kappa shape index (κ3) is 2.38. The van der Waals surface area contributed by atoms with Gasteiger partial charge in [-0.05, 0) is 44.2 Å². The van der Waals surface area contributed by atoms with Gasteiger partial charge in [-0.3, -0.25) is 0 Å². The van der Waals surface area contributed by atoms with E-state index >= 15 is 0 Å². The van der Waals surface area contributed by atoms with E-state index in [0.717, 1.165) is 33.1 Å². The van der Waals surface area contributed by atoms with Crippen molar-refractivity contribution in [3.8, 4) is 11.4 Å². The summed E-state index contributed by atoms with van der Waals surface area (Å²) in [5.74, 6) is 0.965. The summed E-state index contributed by atoms with van der Waals surface area (Å²) in [6, 6.07) is 14.3. The molecule has 0 radical (unpaired) electrons. The number of nitrogens with one attached hydrogen (secondary N) is 1. The summed E-state index contributed by atoms with van der Waals surface area (Å²) < 4.78 is 2.23. The molecule has 0 saturated carbocycles. The van der Waals surface area contributed by atoms with Crippen LogP contribution in [0.1, 0.15) is 19.9 Å². The number of nitrogens with zero attached hydrogens (tertiary/aromatic N) is 2. The molecule has 1 N–H and O–H groups in total. The number of rotatable bonds is 3. The molecule has 3 aromatic rings. The number of fused-ring (bicyclic) bond motifs is 1. The normalized spacial score (nSPS) is 11.3. The van der Waals surface area contributed by atoms with Crippen molar-refractivity contribution in [2.75, 3.05) is 12.4 Å². The maximum absolute atomic E-state index is 6.16. The summed E-state index contributed by atoms with van der Waals surface area (Å²) >= 11 is 6.16. The van der Waals surface area contributed by atoms with Crippen LogP contribution in [0.2, 0.25) is 5.02 Å². The van der Waals surface area contributed by atoms with E-state index in [-0.39, 0.29) is 0 Å². The Kier molecular flexibility index (Phi) is 3.60. The van der Waals surface area contributed by atoms with E-state index in [9.17, 15) is 0 Å². The summed E-state index contributed by atoms with van der Waals surface area (Å²) in [5.41, 5.74) is 4.20. The van der Waals surface area contributed by atoms with E-state index in [0.29, 0.717) is 6.04 Å². The lowest BCUT2D eigenvalue weighted by atomic mass is 10.1. The van der Waals surface area contributed by atoms with Gasteiger partial charge in [0.1, 0.15) is 5.82 Å². The third-order valence-corrected chi connectivity index (χ3v) is 3.84. The van der Waals surface area contributed by atoms with Crippen molar-refractivity contribution < 1.29 is 0 Å². The predicted octanol–water partition coefficient (Wildman–Crippen LogP) is 4.98. The summed E-state index contributed by atoms with van der Waals surface area (Å²) in [6.45, 7) is 4.32.